The lowest BCUT2D eigenvalue weighted by molar-refractivity contribution is 0.340. The van der Waals surface area contributed by atoms with Crippen LogP contribution in [-0.2, 0) is 10.0 Å². The summed E-state index contributed by atoms with van der Waals surface area (Å²) in [6, 6.07) is 3.04. The summed E-state index contributed by atoms with van der Waals surface area (Å²) < 4.78 is 39.2. The first-order valence-electron chi connectivity index (χ1n) is 6.01. The Morgan fingerprint density at radius 1 is 1.53 bits per heavy atom. The molecule has 0 aliphatic heterocycles. The average Bonchev–Trinajstić information content (AvgIpc) is 3.13. The molecule has 7 heteroatoms. The number of nitrogens with zero attached hydrogens (tertiary/aromatic N) is 1. The number of nitrogens with two attached hydrogens (primary N) is 1. The Labute approximate surface area is 117 Å². The van der Waals surface area contributed by atoms with E-state index in [0.717, 1.165) is 25.0 Å². The van der Waals surface area contributed by atoms with E-state index >= 15 is 0 Å². The van der Waals surface area contributed by atoms with Gasteiger partial charge in [0.25, 0.3) is 0 Å². The summed E-state index contributed by atoms with van der Waals surface area (Å²) >= 11 is 5.82. The third-order valence-corrected chi connectivity index (χ3v) is 5.79. The van der Waals surface area contributed by atoms with Crippen LogP contribution in [-0.4, -0.2) is 32.4 Å². The summed E-state index contributed by atoms with van der Waals surface area (Å²) in [6.07, 6.45) is 1.97. The van der Waals surface area contributed by atoms with Gasteiger partial charge in [0, 0.05) is 19.6 Å². The molecule has 2 N–H and O–H groups in total. The van der Waals surface area contributed by atoms with Crippen LogP contribution in [0.2, 0.25) is 5.02 Å². The first kappa shape index (κ1) is 14.7. The van der Waals surface area contributed by atoms with Gasteiger partial charge >= 0.3 is 0 Å². The number of sulfonamides is 1. The minimum Gasteiger partial charge on any atom is -0.329 e. The Kier molecular flexibility index (Phi) is 4.15. The summed E-state index contributed by atoms with van der Waals surface area (Å²) in [7, 11) is -2.26. The standard InChI is InChI=1S/C12H16ClFN2O2S/c1-16(11(7-15)8-2-3-8)19(17,18)12-5-4-9(14)6-10(12)13/h4-6,8,11H,2-3,7,15H2,1H3. The van der Waals surface area contributed by atoms with Crippen LogP contribution >= 0.6 is 11.6 Å². The highest BCUT2D eigenvalue weighted by Gasteiger charge is 2.38. The molecule has 1 fully saturated rings. The van der Waals surface area contributed by atoms with Crippen molar-refractivity contribution in [3.8, 4) is 0 Å². The van der Waals surface area contributed by atoms with Crippen molar-refractivity contribution >= 4 is 21.6 Å². The van der Waals surface area contributed by atoms with Crippen LogP contribution in [0.25, 0.3) is 0 Å². The molecule has 0 radical (unpaired) electrons. The van der Waals surface area contributed by atoms with Crippen LogP contribution in [0, 0.1) is 11.7 Å². The third-order valence-electron chi connectivity index (χ3n) is 3.43. The Hall–Kier alpha value is -0.690. The number of rotatable bonds is 5. The van der Waals surface area contributed by atoms with Crippen molar-refractivity contribution in [3.05, 3.63) is 29.0 Å². The molecule has 1 atom stereocenters. The van der Waals surface area contributed by atoms with Gasteiger partial charge in [-0.05, 0) is 37.0 Å². The van der Waals surface area contributed by atoms with Gasteiger partial charge in [0.1, 0.15) is 10.7 Å². The van der Waals surface area contributed by atoms with Crippen molar-refractivity contribution in [3.63, 3.8) is 0 Å². The zero-order valence-electron chi connectivity index (χ0n) is 10.5. The monoisotopic (exact) mass is 306 g/mol. The largest absolute Gasteiger partial charge is 0.329 e. The van der Waals surface area contributed by atoms with Crippen molar-refractivity contribution in [2.75, 3.05) is 13.6 Å². The van der Waals surface area contributed by atoms with Crippen molar-refractivity contribution < 1.29 is 12.8 Å². The quantitative estimate of drug-likeness (QED) is 0.903. The molecule has 1 unspecified atom stereocenters. The molecule has 0 spiro atoms. The van der Waals surface area contributed by atoms with Crippen LogP contribution in [0.3, 0.4) is 0 Å². The predicted octanol–water partition coefficient (Wildman–Crippen LogP) is 1.84. The topological polar surface area (TPSA) is 63.4 Å². The van der Waals surface area contributed by atoms with E-state index in [4.69, 9.17) is 17.3 Å². The van der Waals surface area contributed by atoms with Crippen LogP contribution in [0.15, 0.2) is 23.1 Å². The van der Waals surface area contributed by atoms with E-state index < -0.39 is 15.8 Å². The number of benzene rings is 1. The fourth-order valence-electron chi connectivity index (χ4n) is 2.14. The van der Waals surface area contributed by atoms with Crippen molar-refractivity contribution in [2.24, 2.45) is 11.7 Å². The number of hydrogen-bond acceptors (Lipinski definition) is 3. The second kappa shape index (κ2) is 5.36. The minimum atomic E-state index is -3.75. The summed E-state index contributed by atoms with van der Waals surface area (Å²) in [6.45, 7) is 0.263. The van der Waals surface area contributed by atoms with Gasteiger partial charge in [0.05, 0.1) is 5.02 Å². The molecule has 2 rings (SSSR count). The Bertz CT molecular complexity index is 575. The van der Waals surface area contributed by atoms with Crippen molar-refractivity contribution in [1.82, 2.24) is 4.31 Å². The SMILES string of the molecule is CN(C(CN)C1CC1)S(=O)(=O)c1ccc(F)cc1Cl. The van der Waals surface area contributed by atoms with E-state index in [1.54, 1.807) is 0 Å². The molecule has 19 heavy (non-hydrogen) atoms. The second-order valence-electron chi connectivity index (χ2n) is 4.74. The molecule has 0 saturated heterocycles. The maximum atomic E-state index is 13.0. The van der Waals surface area contributed by atoms with Gasteiger partial charge in [-0.25, -0.2) is 12.8 Å². The summed E-state index contributed by atoms with van der Waals surface area (Å²) in [4.78, 5) is -0.0860. The Morgan fingerprint density at radius 2 is 2.16 bits per heavy atom. The molecule has 0 amide bonds. The molecular weight excluding hydrogens is 291 g/mol. The fraction of sp³-hybridized carbons (Fsp3) is 0.500. The molecule has 106 valence electrons. The van der Waals surface area contributed by atoms with Crippen LogP contribution in [0.4, 0.5) is 4.39 Å². The van der Waals surface area contributed by atoms with Gasteiger partial charge in [0.2, 0.25) is 10.0 Å². The van der Waals surface area contributed by atoms with Gasteiger partial charge in [-0.3, -0.25) is 0 Å². The summed E-state index contributed by atoms with van der Waals surface area (Å²) in [5.74, 6) is -0.256. The lowest BCUT2D eigenvalue weighted by Crippen LogP contribution is -2.43. The van der Waals surface area contributed by atoms with E-state index in [0.29, 0.717) is 5.92 Å². The summed E-state index contributed by atoms with van der Waals surface area (Å²) in [5, 5.41) is -0.113. The maximum Gasteiger partial charge on any atom is 0.244 e. The molecule has 1 aliphatic carbocycles. The molecule has 1 saturated carbocycles. The predicted molar refractivity (Wildman–Crippen MR) is 71.9 cm³/mol. The third kappa shape index (κ3) is 2.91. The highest BCUT2D eigenvalue weighted by Crippen LogP contribution is 2.37. The smallest absolute Gasteiger partial charge is 0.244 e. The van der Waals surface area contributed by atoms with Crippen LogP contribution in [0.5, 0.6) is 0 Å². The normalized spacial score (nSPS) is 17.7. The molecule has 1 aliphatic rings. The average molecular weight is 307 g/mol. The molecule has 0 heterocycles. The molecule has 1 aromatic carbocycles. The highest BCUT2D eigenvalue weighted by molar-refractivity contribution is 7.89. The van der Waals surface area contributed by atoms with Gasteiger partial charge < -0.3 is 5.73 Å². The first-order chi connectivity index (χ1) is 8.87. The van der Waals surface area contributed by atoms with E-state index in [1.165, 1.54) is 17.4 Å². The van der Waals surface area contributed by atoms with Gasteiger partial charge in [-0.1, -0.05) is 11.6 Å². The molecular formula is C12H16ClFN2O2S. The first-order valence-corrected chi connectivity index (χ1v) is 7.83. The van der Waals surface area contributed by atoms with Gasteiger partial charge in [-0.15, -0.1) is 0 Å². The highest BCUT2D eigenvalue weighted by atomic mass is 35.5. The number of likely N-dealkylation sites (N-methyl/N-ethyl adjacent to an activating group) is 1. The van der Waals surface area contributed by atoms with Crippen molar-refractivity contribution in [2.45, 2.75) is 23.8 Å². The molecule has 4 nitrogen and oxygen atoms in total. The van der Waals surface area contributed by atoms with E-state index in [-0.39, 0.29) is 22.5 Å². The minimum absolute atomic E-state index is 0.0860. The second-order valence-corrected chi connectivity index (χ2v) is 7.11. The molecule has 0 bridgehead atoms. The summed E-state index contributed by atoms with van der Waals surface area (Å²) in [5.41, 5.74) is 5.65. The lowest BCUT2D eigenvalue weighted by Gasteiger charge is -2.26. The van der Waals surface area contributed by atoms with E-state index in [9.17, 15) is 12.8 Å². The van der Waals surface area contributed by atoms with Crippen molar-refractivity contribution in [1.29, 1.82) is 0 Å². The van der Waals surface area contributed by atoms with E-state index in [1.807, 2.05) is 0 Å². The maximum absolute atomic E-state index is 13.0. The van der Waals surface area contributed by atoms with Gasteiger partial charge in [-0.2, -0.15) is 4.31 Å². The van der Waals surface area contributed by atoms with Crippen LogP contribution < -0.4 is 5.73 Å². The number of halogens is 2. The fourth-order valence-corrected chi connectivity index (χ4v) is 4.07. The molecule has 1 aromatic rings. The Morgan fingerprint density at radius 3 is 2.63 bits per heavy atom. The lowest BCUT2D eigenvalue weighted by atomic mass is 10.2. The number of hydrogen-bond donors (Lipinski definition) is 1. The molecule has 0 aromatic heterocycles. The van der Waals surface area contributed by atoms with Crippen LogP contribution in [0.1, 0.15) is 12.8 Å². The zero-order chi connectivity index (χ0) is 14.2. The van der Waals surface area contributed by atoms with E-state index in [2.05, 4.69) is 0 Å². The van der Waals surface area contributed by atoms with Gasteiger partial charge in [0.15, 0.2) is 0 Å². The zero-order valence-corrected chi connectivity index (χ0v) is 12.1. The Balaban J connectivity index is 2.35.